The zero-order chi connectivity index (χ0) is 17.5. The van der Waals surface area contributed by atoms with E-state index in [0.29, 0.717) is 6.29 Å². The molecule has 0 amide bonds. The van der Waals surface area contributed by atoms with Gasteiger partial charge in [-0.25, -0.2) is 4.99 Å². The lowest BCUT2D eigenvalue weighted by atomic mass is 10.4. The van der Waals surface area contributed by atoms with Crippen LogP contribution in [0.1, 0.15) is 0 Å². The maximum atomic E-state index is 11.8. The number of aliphatic imine (C=N–C) groups is 1. The average Bonchev–Trinajstić information content (AvgIpc) is 2.71. The SMILES string of the molecule is CO/C([O-])=N/C[P+](c1ccccc1)(c1ccccc1)c1ccccc1.Cl. The largest absolute Gasteiger partial charge is 0.604 e. The predicted molar refractivity (Wildman–Crippen MR) is 112 cm³/mol. The molecule has 0 radical (unpaired) electrons. The Bertz CT molecular complexity index is 730. The van der Waals surface area contributed by atoms with Gasteiger partial charge in [0.15, 0.2) is 6.29 Å². The van der Waals surface area contributed by atoms with Crippen LogP contribution in [0, 0.1) is 0 Å². The monoisotopic (exact) mass is 385 g/mol. The third-order valence-electron chi connectivity index (χ3n) is 4.18. The van der Waals surface area contributed by atoms with Gasteiger partial charge in [-0.1, -0.05) is 54.6 Å². The Morgan fingerprint density at radius 1 is 0.769 bits per heavy atom. The standard InChI is InChI=1S/C21H20NO2P.ClH/c1-24-21(23)22-17-25(18-11-5-2-6-12-18,19-13-7-3-8-14-19)20-15-9-4-10-16-20;/h2-16H,17H2,1H3;1H. The van der Waals surface area contributed by atoms with Crippen molar-refractivity contribution < 1.29 is 9.84 Å². The van der Waals surface area contributed by atoms with E-state index in [2.05, 4.69) is 41.4 Å². The van der Waals surface area contributed by atoms with Gasteiger partial charge in [-0.2, -0.15) is 0 Å². The summed E-state index contributed by atoms with van der Waals surface area (Å²) < 4.78 is 4.77. The molecule has 3 nitrogen and oxygen atoms in total. The number of benzene rings is 3. The second kappa shape index (κ2) is 9.38. The number of methoxy groups -OCH3 is 1. The highest BCUT2D eigenvalue weighted by molar-refractivity contribution is 7.95. The third-order valence-corrected chi connectivity index (χ3v) is 8.28. The molecule has 0 saturated carbocycles. The van der Waals surface area contributed by atoms with E-state index in [0.717, 1.165) is 0 Å². The molecule has 3 rings (SSSR count). The van der Waals surface area contributed by atoms with Gasteiger partial charge < -0.3 is 9.84 Å². The first kappa shape index (κ1) is 20.0. The van der Waals surface area contributed by atoms with Gasteiger partial charge in [-0.15, -0.1) is 12.4 Å². The van der Waals surface area contributed by atoms with Crippen LogP contribution < -0.4 is 21.0 Å². The summed E-state index contributed by atoms with van der Waals surface area (Å²) in [7, 11) is -0.727. The molecule has 0 aliphatic carbocycles. The molecule has 3 aromatic carbocycles. The molecule has 0 saturated heterocycles. The molecule has 0 atom stereocenters. The first-order valence-electron chi connectivity index (χ1n) is 8.08. The van der Waals surface area contributed by atoms with Crippen molar-refractivity contribution in [3.05, 3.63) is 91.0 Å². The Balaban J connectivity index is 0.00000243. The summed E-state index contributed by atoms with van der Waals surface area (Å²) in [4.78, 5) is 4.23. The van der Waals surface area contributed by atoms with E-state index in [-0.39, 0.29) is 12.4 Å². The van der Waals surface area contributed by atoms with E-state index in [1.54, 1.807) is 0 Å². The highest BCUT2D eigenvalue weighted by Gasteiger charge is 2.45. The zero-order valence-corrected chi connectivity index (χ0v) is 16.2. The molecule has 0 bridgehead atoms. The molecule has 0 fully saturated rings. The lowest BCUT2D eigenvalue weighted by Crippen LogP contribution is -2.34. The molecule has 134 valence electrons. The lowest BCUT2D eigenvalue weighted by molar-refractivity contribution is -0.247. The first-order valence-corrected chi connectivity index (χ1v) is 10.0. The highest BCUT2D eigenvalue weighted by atomic mass is 35.5. The zero-order valence-electron chi connectivity index (χ0n) is 14.5. The number of ether oxygens (including phenoxy) is 1. The molecule has 0 aliphatic rings. The van der Waals surface area contributed by atoms with Gasteiger partial charge in [0.05, 0.1) is 0 Å². The fraction of sp³-hybridized carbons (Fsp3) is 0.0952. The summed E-state index contributed by atoms with van der Waals surface area (Å²) in [6.07, 6.45) is -0.148. The molecular formula is C21H21ClNO2P. The Morgan fingerprint density at radius 3 is 1.42 bits per heavy atom. The summed E-state index contributed by atoms with van der Waals surface area (Å²) >= 11 is 0. The minimum Gasteiger partial charge on any atom is -0.604 e. The molecule has 0 unspecified atom stereocenters. The van der Waals surface area contributed by atoms with E-state index < -0.39 is 13.3 Å². The summed E-state index contributed by atoms with van der Waals surface area (Å²) in [6.45, 7) is 0. The molecule has 0 aliphatic heterocycles. The van der Waals surface area contributed by atoms with Crippen LogP contribution in [0.5, 0.6) is 0 Å². The van der Waals surface area contributed by atoms with Crippen LogP contribution in [0.2, 0.25) is 0 Å². The van der Waals surface area contributed by atoms with Crippen LogP contribution >= 0.6 is 19.7 Å². The van der Waals surface area contributed by atoms with E-state index in [9.17, 15) is 5.11 Å². The lowest BCUT2D eigenvalue weighted by Gasteiger charge is -2.26. The van der Waals surface area contributed by atoms with Crippen molar-refractivity contribution in [3.8, 4) is 0 Å². The second-order valence-corrected chi connectivity index (χ2v) is 9.04. The highest BCUT2D eigenvalue weighted by Crippen LogP contribution is 2.55. The smallest absolute Gasteiger partial charge is 0.164 e. The number of rotatable bonds is 5. The minimum atomic E-state index is -2.09. The topological polar surface area (TPSA) is 44.6 Å². The number of hydrogen-bond donors (Lipinski definition) is 0. The van der Waals surface area contributed by atoms with Crippen LogP contribution in [0.25, 0.3) is 0 Å². The molecule has 0 spiro atoms. The molecular weight excluding hydrogens is 365 g/mol. The van der Waals surface area contributed by atoms with Gasteiger partial charge in [0.2, 0.25) is 0 Å². The Labute approximate surface area is 161 Å². The van der Waals surface area contributed by atoms with Gasteiger partial charge in [0, 0.05) is 0 Å². The summed E-state index contributed by atoms with van der Waals surface area (Å²) in [6, 6.07) is 31.0. The Morgan fingerprint density at radius 2 is 1.12 bits per heavy atom. The van der Waals surface area contributed by atoms with Crippen molar-refractivity contribution in [1.82, 2.24) is 0 Å². The molecule has 3 aromatic rings. The molecule has 0 N–H and O–H groups in total. The van der Waals surface area contributed by atoms with E-state index >= 15 is 0 Å². The molecule has 0 aromatic heterocycles. The van der Waals surface area contributed by atoms with Crippen LogP contribution in [-0.2, 0) is 4.74 Å². The quantitative estimate of drug-likeness (QED) is 0.385. The Hall–Kier alpha value is -2.35. The summed E-state index contributed by atoms with van der Waals surface area (Å²) in [5, 5.41) is 15.4. The van der Waals surface area contributed by atoms with Crippen molar-refractivity contribution in [2.75, 3.05) is 13.4 Å². The average molecular weight is 386 g/mol. The summed E-state index contributed by atoms with van der Waals surface area (Å²) in [5.41, 5.74) is 0. The van der Waals surface area contributed by atoms with Crippen molar-refractivity contribution >= 4 is 41.7 Å². The predicted octanol–water partition coefficient (Wildman–Crippen LogP) is 2.72. The molecule has 0 heterocycles. The van der Waals surface area contributed by atoms with Crippen LogP contribution in [-0.4, -0.2) is 19.5 Å². The fourth-order valence-electron chi connectivity index (χ4n) is 2.97. The maximum Gasteiger partial charge on any atom is 0.164 e. The van der Waals surface area contributed by atoms with E-state index in [1.165, 1.54) is 23.0 Å². The van der Waals surface area contributed by atoms with Crippen molar-refractivity contribution in [1.29, 1.82) is 0 Å². The van der Waals surface area contributed by atoms with Gasteiger partial charge >= 0.3 is 0 Å². The van der Waals surface area contributed by atoms with Crippen molar-refractivity contribution in [2.45, 2.75) is 0 Å². The minimum absolute atomic E-state index is 0. The van der Waals surface area contributed by atoms with Gasteiger partial charge in [-0.3, -0.25) is 0 Å². The fourth-order valence-corrected chi connectivity index (χ4v) is 6.72. The van der Waals surface area contributed by atoms with Gasteiger partial charge in [0.1, 0.15) is 29.3 Å². The second-order valence-electron chi connectivity index (χ2n) is 5.59. The van der Waals surface area contributed by atoms with Gasteiger partial charge in [-0.05, 0) is 43.5 Å². The van der Waals surface area contributed by atoms with Crippen LogP contribution in [0.15, 0.2) is 96.0 Å². The Kier molecular flexibility index (Phi) is 7.20. The number of halogens is 1. The third kappa shape index (κ3) is 4.07. The van der Waals surface area contributed by atoms with Crippen molar-refractivity contribution in [2.24, 2.45) is 4.99 Å². The van der Waals surface area contributed by atoms with E-state index in [4.69, 9.17) is 4.74 Å². The molecule has 5 heteroatoms. The molecule has 26 heavy (non-hydrogen) atoms. The van der Waals surface area contributed by atoms with Crippen molar-refractivity contribution in [3.63, 3.8) is 0 Å². The maximum absolute atomic E-state index is 11.8. The van der Waals surface area contributed by atoms with Gasteiger partial charge in [0.25, 0.3) is 0 Å². The first-order chi connectivity index (χ1) is 12.3. The number of hydrogen-bond acceptors (Lipinski definition) is 3. The number of nitrogens with zero attached hydrogens (tertiary/aromatic N) is 1. The normalized spacial score (nSPS) is 11.5. The van der Waals surface area contributed by atoms with E-state index in [1.807, 2.05) is 54.6 Å². The van der Waals surface area contributed by atoms with Crippen LogP contribution in [0.3, 0.4) is 0 Å². The summed E-state index contributed by atoms with van der Waals surface area (Å²) in [5.74, 6) is 0. The van der Waals surface area contributed by atoms with Crippen LogP contribution in [0.4, 0.5) is 0 Å².